The molecular weight excluding hydrogens is 355 g/mol. The van der Waals surface area contributed by atoms with Gasteiger partial charge in [0.05, 0.1) is 22.3 Å². The Balaban J connectivity index is 2.12. The van der Waals surface area contributed by atoms with Crippen molar-refractivity contribution >= 4 is 52.1 Å². The Morgan fingerprint density at radius 1 is 1.09 bits per heavy atom. The van der Waals surface area contributed by atoms with Crippen molar-refractivity contribution in [3.05, 3.63) is 56.5 Å². The third-order valence-corrected chi connectivity index (χ3v) is 4.24. The van der Waals surface area contributed by atoms with E-state index in [4.69, 9.17) is 34.8 Å². The molecule has 0 atom stereocenters. The smallest absolute Gasteiger partial charge is 0.243 e. The zero-order chi connectivity index (χ0) is 17.1. The summed E-state index contributed by atoms with van der Waals surface area (Å²) in [6.07, 6.45) is 0. The summed E-state index contributed by atoms with van der Waals surface area (Å²) in [5.74, 6) is -0.209. The minimum Gasteiger partial charge on any atom is -0.365 e. The number of carbonyl (C=O) groups excluding carboxylic acids is 1. The number of nitrogens with one attached hydrogen (secondary N) is 1. The predicted molar refractivity (Wildman–Crippen MR) is 99.3 cm³/mol. The fourth-order valence-electron chi connectivity index (χ4n) is 2.27. The van der Waals surface area contributed by atoms with Gasteiger partial charge in [0, 0.05) is 17.8 Å². The number of rotatable bonds is 4. The average Bonchev–Trinajstić information content (AvgIpc) is 2.45. The third-order valence-electron chi connectivity index (χ3n) is 3.43. The van der Waals surface area contributed by atoms with Crippen molar-refractivity contribution in [3.8, 4) is 0 Å². The molecule has 0 saturated heterocycles. The number of anilines is 2. The molecule has 6 heteroatoms. The molecule has 0 fully saturated rings. The lowest BCUT2D eigenvalue weighted by Gasteiger charge is -2.22. The SMILES string of the molecule is Cc1ccc(C)c(N(C)CC(=O)Nc2c(Cl)cc(Cl)cc2Cl)c1. The first kappa shape index (κ1) is 17.9. The van der Waals surface area contributed by atoms with Gasteiger partial charge in [0.25, 0.3) is 0 Å². The van der Waals surface area contributed by atoms with Gasteiger partial charge in [0.2, 0.25) is 5.91 Å². The van der Waals surface area contributed by atoms with Crippen LogP contribution in [0.4, 0.5) is 11.4 Å². The Kier molecular flexibility index (Phi) is 5.79. The van der Waals surface area contributed by atoms with E-state index < -0.39 is 0 Å². The third kappa shape index (κ3) is 4.54. The highest BCUT2D eigenvalue weighted by atomic mass is 35.5. The zero-order valence-electron chi connectivity index (χ0n) is 13.1. The van der Waals surface area contributed by atoms with E-state index in [9.17, 15) is 4.79 Å². The summed E-state index contributed by atoms with van der Waals surface area (Å²) < 4.78 is 0. The van der Waals surface area contributed by atoms with Crippen LogP contribution < -0.4 is 10.2 Å². The van der Waals surface area contributed by atoms with E-state index in [-0.39, 0.29) is 12.5 Å². The second-order valence-corrected chi connectivity index (χ2v) is 6.69. The van der Waals surface area contributed by atoms with Gasteiger partial charge in [-0.2, -0.15) is 0 Å². The first-order valence-corrected chi connectivity index (χ1v) is 8.14. The molecule has 3 nitrogen and oxygen atoms in total. The fraction of sp³-hybridized carbons (Fsp3) is 0.235. The van der Waals surface area contributed by atoms with Gasteiger partial charge >= 0.3 is 0 Å². The maximum atomic E-state index is 12.3. The maximum absolute atomic E-state index is 12.3. The molecule has 0 aliphatic rings. The molecule has 0 saturated carbocycles. The van der Waals surface area contributed by atoms with Gasteiger partial charge in [-0.25, -0.2) is 0 Å². The number of aryl methyl sites for hydroxylation is 2. The molecule has 0 aliphatic heterocycles. The van der Waals surface area contributed by atoms with E-state index in [1.54, 1.807) is 12.1 Å². The molecule has 0 radical (unpaired) electrons. The van der Waals surface area contributed by atoms with Crippen molar-refractivity contribution in [2.75, 3.05) is 23.8 Å². The van der Waals surface area contributed by atoms with Gasteiger partial charge in [-0.1, -0.05) is 46.9 Å². The lowest BCUT2D eigenvalue weighted by molar-refractivity contribution is -0.114. The van der Waals surface area contributed by atoms with Crippen LogP contribution in [0.3, 0.4) is 0 Å². The highest BCUT2D eigenvalue weighted by Gasteiger charge is 2.14. The van der Waals surface area contributed by atoms with Crippen molar-refractivity contribution in [1.29, 1.82) is 0 Å². The van der Waals surface area contributed by atoms with Crippen LogP contribution in [0.15, 0.2) is 30.3 Å². The van der Waals surface area contributed by atoms with Gasteiger partial charge in [0.15, 0.2) is 0 Å². The zero-order valence-corrected chi connectivity index (χ0v) is 15.4. The molecule has 23 heavy (non-hydrogen) atoms. The van der Waals surface area contributed by atoms with Gasteiger partial charge in [-0.3, -0.25) is 4.79 Å². The van der Waals surface area contributed by atoms with E-state index in [0.29, 0.717) is 20.8 Å². The maximum Gasteiger partial charge on any atom is 0.243 e. The van der Waals surface area contributed by atoms with Crippen LogP contribution in [0, 0.1) is 13.8 Å². The molecule has 2 aromatic carbocycles. The molecular formula is C17H17Cl3N2O. The first-order chi connectivity index (χ1) is 10.8. The summed E-state index contributed by atoms with van der Waals surface area (Å²) >= 11 is 18.0. The summed E-state index contributed by atoms with van der Waals surface area (Å²) in [7, 11) is 1.87. The Bertz CT molecular complexity index is 724. The van der Waals surface area contributed by atoms with Crippen molar-refractivity contribution in [2.45, 2.75) is 13.8 Å². The number of nitrogens with zero attached hydrogens (tertiary/aromatic N) is 1. The fourth-order valence-corrected chi connectivity index (χ4v) is 3.18. The number of hydrogen-bond donors (Lipinski definition) is 1. The molecule has 1 amide bonds. The number of likely N-dealkylation sites (N-methyl/N-ethyl adjacent to an activating group) is 1. The Hall–Kier alpha value is -1.42. The number of hydrogen-bond acceptors (Lipinski definition) is 2. The van der Waals surface area contributed by atoms with Crippen LogP contribution in [-0.2, 0) is 4.79 Å². The Labute approximate surface area is 151 Å². The molecule has 1 N–H and O–H groups in total. The number of carbonyl (C=O) groups is 1. The number of amides is 1. The van der Waals surface area contributed by atoms with E-state index in [0.717, 1.165) is 16.8 Å². The van der Waals surface area contributed by atoms with Gasteiger partial charge in [0.1, 0.15) is 0 Å². The van der Waals surface area contributed by atoms with Crippen LogP contribution in [0.5, 0.6) is 0 Å². The summed E-state index contributed by atoms with van der Waals surface area (Å²) in [4.78, 5) is 14.2. The van der Waals surface area contributed by atoms with Crippen LogP contribution in [-0.4, -0.2) is 19.5 Å². The van der Waals surface area contributed by atoms with Crippen molar-refractivity contribution in [3.63, 3.8) is 0 Å². The normalized spacial score (nSPS) is 10.5. The number of benzene rings is 2. The molecule has 0 heterocycles. The Morgan fingerprint density at radius 2 is 1.70 bits per heavy atom. The topological polar surface area (TPSA) is 32.3 Å². The van der Waals surface area contributed by atoms with Crippen molar-refractivity contribution < 1.29 is 4.79 Å². The van der Waals surface area contributed by atoms with E-state index in [1.807, 2.05) is 44.0 Å². The summed E-state index contributed by atoms with van der Waals surface area (Å²) in [6, 6.07) is 9.20. The standard InChI is InChI=1S/C17H17Cl3N2O/c1-10-4-5-11(2)15(6-10)22(3)9-16(23)21-17-13(19)7-12(18)8-14(17)20/h4-8H,9H2,1-3H3,(H,21,23). The molecule has 2 aromatic rings. The second-order valence-electron chi connectivity index (χ2n) is 5.44. The summed E-state index contributed by atoms with van der Waals surface area (Å²) in [6.45, 7) is 4.21. The van der Waals surface area contributed by atoms with E-state index >= 15 is 0 Å². The highest BCUT2D eigenvalue weighted by Crippen LogP contribution is 2.33. The molecule has 122 valence electrons. The van der Waals surface area contributed by atoms with Gasteiger partial charge < -0.3 is 10.2 Å². The van der Waals surface area contributed by atoms with Crippen molar-refractivity contribution in [1.82, 2.24) is 0 Å². The average molecular weight is 372 g/mol. The monoisotopic (exact) mass is 370 g/mol. The molecule has 0 aliphatic carbocycles. The van der Waals surface area contributed by atoms with Crippen LogP contribution in [0.25, 0.3) is 0 Å². The quantitative estimate of drug-likeness (QED) is 0.787. The lowest BCUT2D eigenvalue weighted by Crippen LogP contribution is -2.30. The minimum atomic E-state index is -0.209. The summed E-state index contributed by atoms with van der Waals surface area (Å²) in [5, 5.41) is 3.78. The largest absolute Gasteiger partial charge is 0.365 e. The van der Waals surface area contributed by atoms with Gasteiger partial charge in [-0.05, 0) is 43.2 Å². The molecule has 0 bridgehead atoms. The molecule has 2 rings (SSSR count). The van der Waals surface area contributed by atoms with Crippen LogP contribution in [0.1, 0.15) is 11.1 Å². The summed E-state index contributed by atoms with van der Waals surface area (Å²) in [5.41, 5.74) is 3.63. The Morgan fingerprint density at radius 3 is 2.30 bits per heavy atom. The predicted octanol–water partition coefficient (Wildman–Crippen LogP) is 5.34. The second kappa shape index (κ2) is 7.43. The van der Waals surface area contributed by atoms with E-state index in [2.05, 4.69) is 5.32 Å². The van der Waals surface area contributed by atoms with Crippen LogP contribution in [0.2, 0.25) is 15.1 Å². The van der Waals surface area contributed by atoms with E-state index in [1.165, 1.54) is 0 Å². The minimum absolute atomic E-state index is 0.180. The first-order valence-electron chi connectivity index (χ1n) is 7.00. The lowest BCUT2D eigenvalue weighted by atomic mass is 10.1. The van der Waals surface area contributed by atoms with Crippen LogP contribution >= 0.6 is 34.8 Å². The molecule has 0 spiro atoms. The number of halogens is 3. The van der Waals surface area contributed by atoms with Gasteiger partial charge in [-0.15, -0.1) is 0 Å². The highest BCUT2D eigenvalue weighted by molar-refractivity contribution is 6.42. The molecule has 0 aromatic heterocycles. The molecule has 0 unspecified atom stereocenters. The van der Waals surface area contributed by atoms with Crippen molar-refractivity contribution in [2.24, 2.45) is 0 Å².